The molecular formula is C62H106O6. The van der Waals surface area contributed by atoms with E-state index >= 15 is 0 Å². The van der Waals surface area contributed by atoms with Gasteiger partial charge in [0.2, 0.25) is 0 Å². The molecule has 0 aliphatic heterocycles. The van der Waals surface area contributed by atoms with Crippen LogP contribution in [0.15, 0.2) is 85.1 Å². The summed E-state index contributed by atoms with van der Waals surface area (Å²) >= 11 is 0. The quantitative estimate of drug-likeness (QED) is 0.0262. The van der Waals surface area contributed by atoms with Gasteiger partial charge < -0.3 is 14.2 Å². The van der Waals surface area contributed by atoms with Crippen LogP contribution >= 0.6 is 0 Å². The Morgan fingerprint density at radius 1 is 0.309 bits per heavy atom. The molecule has 0 N–H and O–H groups in total. The number of carbonyl (C=O) groups is 3. The second kappa shape index (κ2) is 56.2. The van der Waals surface area contributed by atoms with Crippen LogP contribution in [0.2, 0.25) is 0 Å². The zero-order valence-corrected chi connectivity index (χ0v) is 44.6. The number of unbranched alkanes of at least 4 members (excludes halogenated alkanes) is 26. The van der Waals surface area contributed by atoms with Crippen LogP contribution in [0.3, 0.4) is 0 Å². The monoisotopic (exact) mass is 947 g/mol. The molecule has 0 spiro atoms. The van der Waals surface area contributed by atoms with E-state index in [1.54, 1.807) is 0 Å². The van der Waals surface area contributed by atoms with Gasteiger partial charge in [-0.05, 0) is 83.5 Å². The number of hydrogen-bond acceptors (Lipinski definition) is 6. The molecule has 0 aromatic carbocycles. The van der Waals surface area contributed by atoms with Gasteiger partial charge in [-0.2, -0.15) is 0 Å². The Hall–Kier alpha value is -3.41. The van der Waals surface area contributed by atoms with E-state index < -0.39 is 12.1 Å². The molecule has 0 fully saturated rings. The molecule has 0 aliphatic carbocycles. The lowest BCUT2D eigenvalue weighted by Crippen LogP contribution is -2.30. The third kappa shape index (κ3) is 53.5. The van der Waals surface area contributed by atoms with Gasteiger partial charge in [-0.15, -0.1) is 0 Å². The van der Waals surface area contributed by atoms with Gasteiger partial charge in [-0.3, -0.25) is 14.4 Å². The molecule has 6 nitrogen and oxygen atoms in total. The Bertz CT molecular complexity index is 1320. The van der Waals surface area contributed by atoms with Gasteiger partial charge >= 0.3 is 17.9 Å². The predicted molar refractivity (Wildman–Crippen MR) is 293 cm³/mol. The molecule has 1 unspecified atom stereocenters. The van der Waals surface area contributed by atoms with Crippen molar-refractivity contribution in [3.63, 3.8) is 0 Å². The largest absolute Gasteiger partial charge is 0.462 e. The first-order valence-corrected chi connectivity index (χ1v) is 28.6. The van der Waals surface area contributed by atoms with Crippen molar-refractivity contribution in [2.75, 3.05) is 13.2 Å². The summed E-state index contributed by atoms with van der Waals surface area (Å²) in [6, 6.07) is 0. The van der Waals surface area contributed by atoms with Crippen LogP contribution < -0.4 is 0 Å². The fourth-order valence-corrected chi connectivity index (χ4v) is 7.88. The highest BCUT2D eigenvalue weighted by Crippen LogP contribution is 2.16. The molecular weight excluding hydrogens is 841 g/mol. The molecule has 0 aromatic rings. The fraction of sp³-hybridized carbons (Fsp3) is 0.726. The molecule has 0 rings (SSSR count). The molecule has 0 saturated carbocycles. The normalized spacial score (nSPS) is 12.7. The smallest absolute Gasteiger partial charge is 0.306 e. The summed E-state index contributed by atoms with van der Waals surface area (Å²) in [5.41, 5.74) is 0. The van der Waals surface area contributed by atoms with Crippen LogP contribution in [0, 0.1) is 0 Å². The molecule has 0 heterocycles. The van der Waals surface area contributed by atoms with Crippen molar-refractivity contribution in [2.45, 2.75) is 277 Å². The first-order chi connectivity index (χ1) is 33.5. The summed E-state index contributed by atoms with van der Waals surface area (Å²) in [4.78, 5) is 37.7. The number of ether oxygens (including phenoxy) is 3. The van der Waals surface area contributed by atoms with Crippen molar-refractivity contribution in [1.29, 1.82) is 0 Å². The summed E-state index contributed by atoms with van der Waals surface area (Å²) in [7, 11) is 0. The highest BCUT2D eigenvalue weighted by Gasteiger charge is 2.19. The molecule has 1 atom stereocenters. The molecule has 6 heteroatoms. The van der Waals surface area contributed by atoms with Gasteiger partial charge in [0.25, 0.3) is 0 Å². The maximum atomic E-state index is 12.7. The van der Waals surface area contributed by atoms with Crippen LogP contribution in [0.4, 0.5) is 0 Å². The standard InChI is InChI=1S/C62H106O6/c1-4-7-10-13-16-18-20-22-23-24-25-26-27-28-29-30-31-32-33-34-35-36-37-38-39-41-42-44-46-49-52-55-61(64)67-58-59(57-66-60(63)54-51-48-15-12-9-6-3)68-62(65)56-53-50-47-45-43-40-21-19-17-14-11-8-5-2/h8,11,17,19-20,22,24-25,27-28,40,43,47,50,59H,4-7,9-10,12-16,18,21,23,26,29-39,41-42,44-46,48-49,51-58H2,1-3H3/b11-8-,19-17-,22-20-,25-24-,28-27-,43-40-,50-47-. The highest BCUT2D eigenvalue weighted by molar-refractivity contribution is 5.71. The number of rotatable bonds is 51. The summed E-state index contributed by atoms with van der Waals surface area (Å²) in [5, 5.41) is 0. The number of allylic oxidation sites excluding steroid dienone is 14. The van der Waals surface area contributed by atoms with Crippen LogP contribution in [0.1, 0.15) is 271 Å². The van der Waals surface area contributed by atoms with Gasteiger partial charge in [0.1, 0.15) is 13.2 Å². The molecule has 0 aromatic heterocycles. The van der Waals surface area contributed by atoms with E-state index in [2.05, 4.69) is 93.7 Å². The summed E-state index contributed by atoms with van der Waals surface area (Å²) in [6.07, 6.45) is 73.6. The average Bonchev–Trinajstić information content (AvgIpc) is 3.34. The van der Waals surface area contributed by atoms with Crippen LogP contribution in [-0.4, -0.2) is 37.2 Å². The molecule has 0 aliphatic rings. The van der Waals surface area contributed by atoms with E-state index in [9.17, 15) is 14.4 Å². The van der Waals surface area contributed by atoms with Crippen molar-refractivity contribution in [2.24, 2.45) is 0 Å². The van der Waals surface area contributed by atoms with Crippen molar-refractivity contribution < 1.29 is 28.6 Å². The van der Waals surface area contributed by atoms with Crippen molar-refractivity contribution in [3.05, 3.63) is 85.1 Å². The first-order valence-electron chi connectivity index (χ1n) is 28.6. The van der Waals surface area contributed by atoms with Gasteiger partial charge in [0.15, 0.2) is 6.10 Å². The van der Waals surface area contributed by atoms with Gasteiger partial charge in [-0.1, -0.05) is 254 Å². The topological polar surface area (TPSA) is 78.9 Å². The second-order valence-electron chi connectivity index (χ2n) is 18.8. The Balaban J connectivity index is 4.03. The van der Waals surface area contributed by atoms with E-state index in [-0.39, 0.29) is 31.6 Å². The van der Waals surface area contributed by atoms with Crippen LogP contribution in [0.25, 0.3) is 0 Å². The average molecular weight is 948 g/mol. The maximum Gasteiger partial charge on any atom is 0.306 e. The lowest BCUT2D eigenvalue weighted by molar-refractivity contribution is -0.166. The van der Waals surface area contributed by atoms with E-state index in [1.165, 1.54) is 148 Å². The zero-order valence-electron chi connectivity index (χ0n) is 44.6. The molecule has 68 heavy (non-hydrogen) atoms. The van der Waals surface area contributed by atoms with Gasteiger partial charge in [0, 0.05) is 19.3 Å². The van der Waals surface area contributed by atoms with Gasteiger partial charge in [-0.25, -0.2) is 0 Å². The lowest BCUT2D eigenvalue weighted by Gasteiger charge is -2.18. The van der Waals surface area contributed by atoms with Crippen molar-refractivity contribution in [1.82, 2.24) is 0 Å². The van der Waals surface area contributed by atoms with Crippen molar-refractivity contribution in [3.8, 4) is 0 Å². The Kier molecular flexibility index (Phi) is 53.4. The van der Waals surface area contributed by atoms with E-state index in [0.29, 0.717) is 19.3 Å². The van der Waals surface area contributed by atoms with E-state index in [0.717, 1.165) is 77.0 Å². The van der Waals surface area contributed by atoms with Gasteiger partial charge in [0.05, 0.1) is 0 Å². The highest BCUT2D eigenvalue weighted by atomic mass is 16.6. The zero-order chi connectivity index (χ0) is 49.3. The molecule has 0 radical (unpaired) electrons. The number of hydrogen-bond donors (Lipinski definition) is 0. The molecule has 0 amide bonds. The van der Waals surface area contributed by atoms with Crippen LogP contribution in [0.5, 0.6) is 0 Å². The predicted octanol–water partition coefficient (Wildman–Crippen LogP) is 19.2. The number of carbonyl (C=O) groups excluding carboxylic acids is 3. The molecule has 390 valence electrons. The minimum Gasteiger partial charge on any atom is -0.462 e. The van der Waals surface area contributed by atoms with Crippen molar-refractivity contribution >= 4 is 17.9 Å². The van der Waals surface area contributed by atoms with E-state index in [1.807, 2.05) is 12.2 Å². The lowest BCUT2D eigenvalue weighted by atomic mass is 10.0. The first kappa shape index (κ1) is 64.6. The molecule has 0 saturated heterocycles. The second-order valence-corrected chi connectivity index (χ2v) is 18.8. The van der Waals surface area contributed by atoms with E-state index in [4.69, 9.17) is 14.2 Å². The maximum absolute atomic E-state index is 12.7. The minimum atomic E-state index is -0.809. The Labute approximate surface area is 420 Å². The summed E-state index contributed by atoms with van der Waals surface area (Å²) < 4.78 is 16.6. The molecule has 0 bridgehead atoms. The third-order valence-electron chi connectivity index (χ3n) is 12.1. The summed E-state index contributed by atoms with van der Waals surface area (Å²) in [5.74, 6) is -0.994. The third-order valence-corrected chi connectivity index (χ3v) is 12.1. The Morgan fingerprint density at radius 2 is 0.603 bits per heavy atom. The summed E-state index contributed by atoms with van der Waals surface area (Å²) in [6.45, 7) is 6.39. The Morgan fingerprint density at radius 3 is 0.956 bits per heavy atom. The van der Waals surface area contributed by atoms with Crippen LogP contribution in [-0.2, 0) is 28.6 Å². The fourth-order valence-electron chi connectivity index (χ4n) is 7.88. The number of esters is 3. The minimum absolute atomic E-state index is 0.104. The SMILES string of the molecule is CC/C=C\C/C=C\C/C=C\C/C=C\CCC(=O)OC(COC(=O)CCCCCCCC)COC(=O)CCCCCCCCCCCCCCCCCC/C=C\C/C=C\C/C=C\CCCCCCC.